The molecule has 2 aliphatic rings. The highest BCUT2D eigenvalue weighted by Gasteiger charge is 2.45. The normalized spacial score (nSPS) is 13.2. The van der Waals surface area contributed by atoms with Crippen LogP contribution >= 0.6 is 0 Å². The summed E-state index contributed by atoms with van der Waals surface area (Å²) in [6.07, 6.45) is 0. The summed E-state index contributed by atoms with van der Waals surface area (Å²) in [5.74, 6) is 0. The number of furan rings is 1. The number of hydrogen-bond donors (Lipinski definition) is 0. The van der Waals surface area contributed by atoms with Gasteiger partial charge in [0, 0.05) is 61.8 Å². The van der Waals surface area contributed by atoms with Gasteiger partial charge in [0.15, 0.2) is 0 Å². The Bertz CT molecular complexity index is 4410. The van der Waals surface area contributed by atoms with Crippen LogP contribution in [0, 0.1) is 0 Å². The van der Waals surface area contributed by atoms with Crippen LogP contribution in [0.1, 0.15) is 79.0 Å². The molecule has 0 unspecified atom stereocenters. The van der Waals surface area contributed by atoms with E-state index in [-0.39, 0.29) is 23.0 Å². The van der Waals surface area contributed by atoms with E-state index in [4.69, 9.17) is 4.42 Å². The van der Waals surface area contributed by atoms with E-state index >= 15 is 0 Å². The summed E-state index contributed by atoms with van der Waals surface area (Å²) in [5.41, 5.74) is 24.3. The zero-order valence-electron chi connectivity index (χ0n) is 47.8. The van der Waals surface area contributed by atoms with E-state index in [1.807, 2.05) is 6.07 Å². The van der Waals surface area contributed by atoms with E-state index in [9.17, 15) is 0 Å². The number of anilines is 9. The Morgan fingerprint density at radius 2 is 0.975 bits per heavy atom. The Balaban J connectivity index is 1.06. The van der Waals surface area contributed by atoms with Gasteiger partial charge in [-0.1, -0.05) is 214 Å². The van der Waals surface area contributed by atoms with Crippen molar-refractivity contribution >= 4 is 107 Å². The number of para-hydroxylation sites is 2. The standard InChI is InChI=1S/C76H66BN3O/c1-74(2,3)52-34-39-57(40-35-52)79-64-44-36-53(75(4,5)6)45-63(64)77-62-42-41-58(78(55-24-14-11-15-25-55)65-43-33-49-21-16-17-26-59(49)71(65)51-22-12-10-13-23-51)48-66(62)80(68-47-54(76(7,8)9)46-67(79)73(68)77)56-37-31-50(32-38-56)60-28-20-30-70-72(60)61-27-18-19-29-69(61)81-70/h10-48H,1-9H3. The lowest BCUT2D eigenvalue weighted by Crippen LogP contribution is -2.61. The Labute approximate surface area is 477 Å². The summed E-state index contributed by atoms with van der Waals surface area (Å²) < 4.78 is 6.43. The minimum absolute atomic E-state index is 0.0152. The van der Waals surface area contributed by atoms with Crippen molar-refractivity contribution < 1.29 is 4.42 Å². The molecule has 0 fully saturated rings. The van der Waals surface area contributed by atoms with Crippen LogP contribution in [0.4, 0.5) is 51.2 Å². The third kappa shape index (κ3) is 8.44. The minimum Gasteiger partial charge on any atom is -0.456 e. The highest BCUT2D eigenvalue weighted by atomic mass is 16.3. The number of nitrogens with zero attached hydrogens (tertiary/aromatic N) is 3. The number of rotatable bonds is 7. The van der Waals surface area contributed by atoms with E-state index < -0.39 is 0 Å². The SMILES string of the molecule is CC(C)(C)c1ccc(N2c3ccc(C(C)(C)C)cc3B3c4ccc(N(c5ccccc5)c5ccc6ccccc6c5-c5ccccc5)cc4N(c4ccc(-c5cccc6oc7ccccc7c56)cc4)c4cc(C(C)(C)C)cc2c43)cc1. The molecule has 4 nitrogen and oxygen atoms in total. The summed E-state index contributed by atoms with van der Waals surface area (Å²) in [7, 11) is 0. The zero-order chi connectivity index (χ0) is 55.5. The Morgan fingerprint density at radius 3 is 1.67 bits per heavy atom. The fourth-order valence-corrected chi connectivity index (χ4v) is 12.9. The average molecular weight is 1050 g/mol. The first kappa shape index (κ1) is 50.2. The molecule has 0 bridgehead atoms. The van der Waals surface area contributed by atoms with Gasteiger partial charge in [-0.25, -0.2) is 0 Å². The van der Waals surface area contributed by atoms with Crippen LogP contribution in [0.25, 0.3) is 55.0 Å². The summed E-state index contributed by atoms with van der Waals surface area (Å²) in [6, 6.07) is 88.4. The molecule has 11 aromatic carbocycles. The average Bonchev–Trinajstić information content (AvgIpc) is 2.85. The molecule has 3 heterocycles. The van der Waals surface area contributed by atoms with Gasteiger partial charge in [-0.2, -0.15) is 0 Å². The van der Waals surface area contributed by atoms with Crippen LogP contribution < -0.4 is 31.1 Å². The van der Waals surface area contributed by atoms with Crippen molar-refractivity contribution in [3.05, 3.63) is 253 Å². The molecule has 0 amide bonds. The lowest BCUT2D eigenvalue weighted by Gasteiger charge is -2.45. The van der Waals surface area contributed by atoms with E-state index in [1.54, 1.807) is 0 Å². The maximum absolute atomic E-state index is 6.43. The van der Waals surface area contributed by atoms with Gasteiger partial charge in [0.05, 0.1) is 5.69 Å². The fourth-order valence-electron chi connectivity index (χ4n) is 12.9. The van der Waals surface area contributed by atoms with Gasteiger partial charge in [0.1, 0.15) is 11.2 Å². The molecule has 0 radical (unpaired) electrons. The molecule has 1 aromatic heterocycles. The van der Waals surface area contributed by atoms with E-state index in [1.165, 1.54) is 72.0 Å². The van der Waals surface area contributed by atoms with Crippen molar-refractivity contribution in [2.45, 2.75) is 78.6 Å². The third-order valence-corrected chi connectivity index (χ3v) is 17.1. The molecule has 0 atom stereocenters. The van der Waals surface area contributed by atoms with E-state index in [0.29, 0.717) is 0 Å². The second-order valence-electron chi connectivity index (χ2n) is 25.4. The van der Waals surface area contributed by atoms with Crippen molar-refractivity contribution in [1.29, 1.82) is 0 Å². The molecule has 2 aliphatic heterocycles. The second-order valence-corrected chi connectivity index (χ2v) is 25.4. The molecule has 14 rings (SSSR count). The van der Waals surface area contributed by atoms with Crippen molar-refractivity contribution in [3.63, 3.8) is 0 Å². The lowest BCUT2D eigenvalue weighted by molar-refractivity contribution is 0.589. The highest BCUT2D eigenvalue weighted by molar-refractivity contribution is 7.00. The summed E-state index contributed by atoms with van der Waals surface area (Å²) in [6.45, 7) is 20.9. The smallest absolute Gasteiger partial charge is 0.252 e. The maximum Gasteiger partial charge on any atom is 0.252 e. The van der Waals surface area contributed by atoms with Gasteiger partial charge in [0.25, 0.3) is 6.71 Å². The first-order valence-corrected chi connectivity index (χ1v) is 28.7. The maximum atomic E-state index is 6.43. The Morgan fingerprint density at radius 1 is 0.383 bits per heavy atom. The van der Waals surface area contributed by atoms with Crippen molar-refractivity contribution in [3.8, 4) is 22.3 Å². The van der Waals surface area contributed by atoms with E-state index in [0.717, 1.165) is 67.2 Å². The molecule has 0 spiro atoms. The Kier molecular flexibility index (Phi) is 11.6. The third-order valence-electron chi connectivity index (χ3n) is 17.1. The molecule has 0 N–H and O–H groups in total. The predicted octanol–water partition coefficient (Wildman–Crippen LogP) is 19.5. The van der Waals surface area contributed by atoms with Crippen molar-refractivity contribution in [1.82, 2.24) is 0 Å². The molecule has 0 aliphatic carbocycles. The van der Waals surface area contributed by atoms with Gasteiger partial charge in [-0.05, 0) is 162 Å². The molecule has 12 aromatic rings. The Hall–Kier alpha value is -9.06. The fraction of sp³-hybridized carbons (Fsp3) is 0.158. The minimum atomic E-state index is -0.184. The molecular weight excluding hydrogens is 982 g/mol. The number of benzene rings is 11. The van der Waals surface area contributed by atoms with Gasteiger partial charge >= 0.3 is 0 Å². The molecule has 0 saturated heterocycles. The number of hydrogen-bond acceptors (Lipinski definition) is 4. The van der Waals surface area contributed by atoms with Gasteiger partial charge in [0.2, 0.25) is 0 Å². The first-order valence-electron chi connectivity index (χ1n) is 28.7. The van der Waals surface area contributed by atoms with Crippen molar-refractivity contribution in [2.75, 3.05) is 14.7 Å². The van der Waals surface area contributed by atoms with Gasteiger partial charge in [-0.3, -0.25) is 0 Å². The quantitative estimate of drug-likeness (QED) is 0.148. The summed E-state index contributed by atoms with van der Waals surface area (Å²) in [4.78, 5) is 7.63. The van der Waals surface area contributed by atoms with Crippen molar-refractivity contribution in [2.24, 2.45) is 0 Å². The van der Waals surface area contributed by atoms with Gasteiger partial charge in [-0.15, -0.1) is 0 Å². The predicted molar refractivity (Wildman–Crippen MR) is 347 cm³/mol. The van der Waals surface area contributed by atoms with Gasteiger partial charge < -0.3 is 19.1 Å². The second kappa shape index (κ2) is 18.8. The summed E-state index contributed by atoms with van der Waals surface area (Å²) >= 11 is 0. The van der Waals surface area contributed by atoms with Crippen LogP contribution in [0.3, 0.4) is 0 Å². The van der Waals surface area contributed by atoms with Crippen LogP contribution in [0.5, 0.6) is 0 Å². The molecule has 0 saturated carbocycles. The lowest BCUT2D eigenvalue weighted by atomic mass is 9.33. The topological polar surface area (TPSA) is 22.9 Å². The molecule has 394 valence electrons. The van der Waals surface area contributed by atoms with Crippen LogP contribution in [-0.4, -0.2) is 6.71 Å². The van der Waals surface area contributed by atoms with Crippen LogP contribution in [0.2, 0.25) is 0 Å². The molecule has 81 heavy (non-hydrogen) atoms. The number of fused-ring (bicyclic) bond motifs is 8. The monoisotopic (exact) mass is 1050 g/mol. The molecule has 5 heteroatoms. The highest BCUT2D eigenvalue weighted by Crippen LogP contribution is 2.50. The first-order chi connectivity index (χ1) is 39.1. The van der Waals surface area contributed by atoms with Crippen LogP contribution in [-0.2, 0) is 16.2 Å². The zero-order valence-corrected chi connectivity index (χ0v) is 47.8. The summed E-state index contributed by atoms with van der Waals surface area (Å²) in [5, 5.41) is 4.68. The molecular formula is C76H66BN3O. The van der Waals surface area contributed by atoms with Crippen LogP contribution in [0.15, 0.2) is 241 Å². The van der Waals surface area contributed by atoms with E-state index in [2.05, 4.69) is 308 Å². The largest absolute Gasteiger partial charge is 0.456 e.